The number of aromatic nitrogens is 2. The number of hydrogen-bond acceptors (Lipinski definition) is 5. The quantitative estimate of drug-likeness (QED) is 0.616. The van der Waals surface area contributed by atoms with E-state index in [9.17, 15) is 9.59 Å². The lowest BCUT2D eigenvalue weighted by atomic mass is 10.2. The van der Waals surface area contributed by atoms with Gasteiger partial charge in [0.1, 0.15) is 5.82 Å². The molecule has 0 aliphatic heterocycles. The maximum atomic E-state index is 11.3. The smallest absolute Gasteiger partial charge is 0.403 e. The van der Waals surface area contributed by atoms with Gasteiger partial charge in [0.2, 0.25) is 0 Å². The number of nitrogens with zero attached hydrogens (tertiary/aromatic N) is 2. The topological polar surface area (TPSA) is 87.2 Å². The van der Waals surface area contributed by atoms with Gasteiger partial charge in [0.15, 0.2) is 0 Å². The molecular formula is C10H14ClN3O3. The highest BCUT2D eigenvalue weighted by Gasteiger charge is 1.98. The molecule has 0 aromatic carbocycles. The number of aryl methyl sites for hydroxylation is 1. The summed E-state index contributed by atoms with van der Waals surface area (Å²) in [6, 6.07) is 1.58. The third-order valence-electron chi connectivity index (χ3n) is 2.15. The van der Waals surface area contributed by atoms with Crippen molar-refractivity contribution in [1.82, 2.24) is 9.55 Å². The van der Waals surface area contributed by atoms with E-state index >= 15 is 0 Å². The average molecular weight is 260 g/mol. The first kappa shape index (κ1) is 13.5. The molecule has 1 aromatic rings. The van der Waals surface area contributed by atoms with Crippen molar-refractivity contribution in [3.63, 3.8) is 0 Å². The lowest BCUT2D eigenvalue weighted by Gasteiger charge is -2.04. The molecule has 0 aliphatic rings. The highest BCUT2D eigenvalue weighted by molar-refractivity contribution is 6.61. The molecule has 1 aromatic heterocycles. The van der Waals surface area contributed by atoms with E-state index in [4.69, 9.17) is 17.3 Å². The molecule has 0 radical (unpaired) electrons. The van der Waals surface area contributed by atoms with Crippen LogP contribution in [0.5, 0.6) is 0 Å². The Kier molecular flexibility index (Phi) is 5.48. The van der Waals surface area contributed by atoms with Crippen LogP contribution in [0.4, 0.5) is 10.6 Å². The van der Waals surface area contributed by atoms with Crippen LogP contribution in [0.2, 0.25) is 0 Å². The number of halogens is 1. The Morgan fingerprint density at radius 1 is 1.47 bits per heavy atom. The summed E-state index contributed by atoms with van der Waals surface area (Å²) in [5.41, 5.74) is 4.23. The van der Waals surface area contributed by atoms with Crippen molar-refractivity contribution in [1.29, 1.82) is 0 Å². The standard InChI is InChI=1S/C10H14ClN3O3/c11-9(15)17-7-3-1-2-5-14-6-4-8(12)13-10(14)16/h4,6H,1-3,5,7H2,(H2,12,13,16). The van der Waals surface area contributed by atoms with Gasteiger partial charge < -0.3 is 10.5 Å². The average Bonchev–Trinajstić information content (AvgIpc) is 2.25. The van der Waals surface area contributed by atoms with Crippen molar-refractivity contribution >= 4 is 22.8 Å². The third-order valence-corrected chi connectivity index (χ3v) is 2.26. The Morgan fingerprint density at radius 3 is 2.88 bits per heavy atom. The Bertz CT molecular complexity index is 433. The lowest BCUT2D eigenvalue weighted by Crippen LogP contribution is -2.23. The molecule has 0 saturated heterocycles. The Balaban J connectivity index is 2.22. The number of nitrogen functional groups attached to an aromatic ring is 1. The van der Waals surface area contributed by atoms with Gasteiger partial charge in [-0.2, -0.15) is 4.98 Å². The van der Waals surface area contributed by atoms with Gasteiger partial charge in [-0.25, -0.2) is 9.59 Å². The minimum Gasteiger partial charge on any atom is -0.454 e. The monoisotopic (exact) mass is 259 g/mol. The van der Waals surface area contributed by atoms with E-state index in [0.29, 0.717) is 13.2 Å². The van der Waals surface area contributed by atoms with E-state index in [1.165, 1.54) is 4.57 Å². The normalized spacial score (nSPS) is 10.2. The number of carbonyl (C=O) groups excluding carboxylic acids is 1. The van der Waals surface area contributed by atoms with Gasteiger partial charge in [0.05, 0.1) is 6.61 Å². The molecule has 0 bridgehead atoms. The van der Waals surface area contributed by atoms with Gasteiger partial charge in [-0.1, -0.05) is 0 Å². The van der Waals surface area contributed by atoms with Crippen molar-refractivity contribution in [2.24, 2.45) is 0 Å². The first-order valence-electron chi connectivity index (χ1n) is 5.25. The molecule has 17 heavy (non-hydrogen) atoms. The zero-order valence-corrected chi connectivity index (χ0v) is 10.0. The first-order chi connectivity index (χ1) is 8.09. The van der Waals surface area contributed by atoms with Crippen LogP contribution in [0, 0.1) is 0 Å². The van der Waals surface area contributed by atoms with Crippen LogP contribution in [0.1, 0.15) is 19.3 Å². The van der Waals surface area contributed by atoms with Crippen molar-refractivity contribution in [2.45, 2.75) is 25.8 Å². The largest absolute Gasteiger partial charge is 0.454 e. The van der Waals surface area contributed by atoms with Crippen LogP contribution in [-0.4, -0.2) is 21.6 Å². The summed E-state index contributed by atoms with van der Waals surface area (Å²) in [5, 5.41) is 0. The summed E-state index contributed by atoms with van der Waals surface area (Å²) in [7, 11) is 0. The summed E-state index contributed by atoms with van der Waals surface area (Å²) in [4.78, 5) is 25.2. The molecule has 7 heteroatoms. The van der Waals surface area contributed by atoms with E-state index in [1.807, 2.05) is 0 Å². The molecule has 1 rings (SSSR count). The van der Waals surface area contributed by atoms with E-state index < -0.39 is 5.43 Å². The molecule has 0 fully saturated rings. The van der Waals surface area contributed by atoms with Gasteiger partial charge in [0.25, 0.3) is 0 Å². The minimum atomic E-state index is -0.788. The molecule has 0 aliphatic carbocycles. The second-order valence-electron chi connectivity index (χ2n) is 3.48. The van der Waals surface area contributed by atoms with E-state index in [1.54, 1.807) is 12.3 Å². The van der Waals surface area contributed by atoms with Crippen LogP contribution >= 0.6 is 11.6 Å². The highest BCUT2D eigenvalue weighted by atomic mass is 35.5. The highest BCUT2D eigenvalue weighted by Crippen LogP contribution is 2.00. The molecule has 0 saturated carbocycles. The summed E-state index contributed by atoms with van der Waals surface area (Å²) in [6.45, 7) is 0.873. The molecule has 2 N–H and O–H groups in total. The van der Waals surface area contributed by atoms with Crippen molar-refractivity contribution < 1.29 is 9.53 Å². The van der Waals surface area contributed by atoms with Crippen molar-refractivity contribution in [3.8, 4) is 0 Å². The van der Waals surface area contributed by atoms with Crippen LogP contribution in [0.15, 0.2) is 17.1 Å². The van der Waals surface area contributed by atoms with Crippen LogP contribution in [-0.2, 0) is 11.3 Å². The van der Waals surface area contributed by atoms with Gasteiger partial charge in [-0.3, -0.25) is 4.57 Å². The number of anilines is 1. The molecule has 0 spiro atoms. The SMILES string of the molecule is Nc1ccn(CCCCCOC(=O)Cl)c(=O)n1. The first-order valence-corrected chi connectivity index (χ1v) is 5.62. The molecule has 0 atom stereocenters. The van der Waals surface area contributed by atoms with Gasteiger partial charge in [-0.05, 0) is 25.3 Å². The van der Waals surface area contributed by atoms with Crippen LogP contribution < -0.4 is 11.4 Å². The number of rotatable bonds is 6. The van der Waals surface area contributed by atoms with Crippen LogP contribution in [0.3, 0.4) is 0 Å². The number of carbonyl (C=O) groups is 1. The van der Waals surface area contributed by atoms with E-state index in [2.05, 4.69) is 9.72 Å². The van der Waals surface area contributed by atoms with Crippen molar-refractivity contribution in [3.05, 3.63) is 22.7 Å². The fraction of sp³-hybridized carbons (Fsp3) is 0.500. The summed E-state index contributed by atoms with van der Waals surface area (Å²) in [5.74, 6) is 0.222. The molecule has 1 heterocycles. The maximum Gasteiger partial charge on any atom is 0.403 e. The lowest BCUT2D eigenvalue weighted by molar-refractivity contribution is 0.170. The number of hydrogen-bond donors (Lipinski definition) is 1. The Labute approximate surface area is 103 Å². The zero-order valence-electron chi connectivity index (χ0n) is 9.26. The third kappa shape index (κ3) is 5.35. The van der Waals surface area contributed by atoms with Gasteiger partial charge in [0, 0.05) is 24.3 Å². The second kappa shape index (κ2) is 6.90. The van der Waals surface area contributed by atoms with Crippen molar-refractivity contribution in [2.75, 3.05) is 12.3 Å². The van der Waals surface area contributed by atoms with Gasteiger partial charge >= 0.3 is 11.1 Å². The Morgan fingerprint density at radius 2 is 2.24 bits per heavy atom. The van der Waals surface area contributed by atoms with E-state index in [-0.39, 0.29) is 11.5 Å². The van der Waals surface area contributed by atoms with E-state index in [0.717, 1.165) is 19.3 Å². The number of ether oxygens (including phenoxy) is 1. The second-order valence-corrected chi connectivity index (χ2v) is 3.78. The molecule has 0 amide bonds. The molecule has 0 unspecified atom stereocenters. The summed E-state index contributed by atoms with van der Waals surface area (Å²) >= 11 is 5.00. The number of unbranched alkanes of at least 4 members (excludes halogenated alkanes) is 2. The van der Waals surface area contributed by atoms with Gasteiger partial charge in [-0.15, -0.1) is 0 Å². The predicted molar refractivity (Wildman–Crippen MR) is 64.0 cm³/mol. The minimum absolute atomic E-state index is 0.222. The summed E-state index contributed by atoms with van der Waals surface area (Å²) in [6.07, 6.45) is 3.96. The molecule has 94 valence electrons. The molecular weight excluding hydrogens is 246 g/mol. The zero-order chi connectivity index (χ0) is 12.7. The summed E-state index contributed by atoms with van der Waals surface area (Å²) < 4.78 is 6.05. The number of nitrogens with two attached hydrogens (primary N) is 1. The maximum absolute atomic E-state index is 11.3. The molecule has 6 nitrogen and oxygen atoms in total. The fourth-order valence-electron chi connectivity index (χ4n) is 1.33. The predicted octanol–water partition coefficient (Wildman–Crippen LogP) is 1.37. The van der Waals surface area contributed by atoms with Crippen LogP contribution in [0.25, 0.3) is 0 Å². The fourth-order valence-corrected chi connectivity index (χ4v) is 1.40. The Hall–Kier alpha value is -1.56.